The Morgan fingerprint density at radius 1 is 1.29 bits per heavy atom. The maximum Gasteiger partial charge on any atom is 0.318 e. The summed E-state index contributed by atoms with van der Waals surface area (Å²) in [7, 11) is 1.81. The number of hydrogen-bond acceptors (Lipinski definition) is 3. The Morgan fingerprint density at radius 2 is 2.04 bits per heavy atom. The molecule has 0 saturated carbocycles. The van der Waals surface area contributed by atoms with E-state index in [0.717, 1.165) is 36.6 Å². The summed E-state index contributed by atoms with van der Waals surface area (Å²) in [6, 6.07) is 9.77. The second-order valence-electron chi connectivity index (χ2n) is 6.74. The Kier molecular flexibility index (Phi) is 4.83. The highest BCUT2D eigenvalue weighted by atomic mass is 16.2. The first-order valence-corrected chi connectivity index (χ1v) is 8.54. The fourth-order valence-electron chi connectivity index (χ4n) is 3.10. The number of fused-ring (bicyclic) bond motifs is 1. The van der Waals surface area contributed by atoms with E-state index in [0.29, 0.717) is 6.54 Å². The van der Waals surface area contributed by atoms with Gasteiger partial charge in [-0.15, -0.1) is 10.2 Å². The van der Waals surface area contributed by atoms with E-state index in [4.69, 9.17) is 0 Å². The van der Waals surface area contributed by atoms with Crippen LogP contribution in [-0.2, 0) is 19.5 Å². The standard InChI is InChI=1S/C18H25N5O/c1-13(2)16(17-21-20-15-10-7-11-23(15)17)19-18(24)22(3)12-14-8-5-4-6-9-14/h4-6,8-9,13,16H,7,10-12H2,1-3H3,(H,19,24)/t16-/m0/s1. The molecule has 1 atom stereocenters. The molecule has 2 aromatic rings. The molecule has 0 fully saturated rings. The average molecular weight is 327 g/mol. The average Bonchev–Trinajstić information content (AvgIpc) is 3.16. The third-order valence-corrected chi connectivity index (χ3v) is 4.47. The number of hydrogen-bond donors (Lipinski definition) is 1. The molecule has 0 saturated heterocycles. The van der Waals surface area contributed by atoms with Crippen LogP contribution in [0.1, 0.15) is 43.5 Å². The summed E-state index contributed by atoms with van der Waals surface area (Å²) in [6.45, 7) is 5.71. The molecule has 2 amide bonds. The monoisotopic (exact) mass is 327 g/mol. The molecule has 0 aliphatic carbocycles. The van der Waals surface area contributed by atoms with E-state index >= 15 is 0 Å². The second-order valence-corrected chi connectivity index (χ2v) is 6.74. The van der Waals surface area contributed by atoms with Gasteiger partial charge in [-0.05, 0) is 17.9 Å². The Hall–Kier alpha value is -2.37. The summed E-state index contributed by atoms with van der Waals surface area (Å²) in [5.74, 6) is 2.15. The zero-order chi connectivity index (χ0) is 17.1. The number of carbonyl (C=O) groups excluding carboxylic acids is 1. The zero-order valence-corrected chi connectivity index (χ0v) is 14.6. The molecule has 3 rings (SSSR count). The van der Waals surface area contributed by atoms with E-state index in [1.807, 2.05) is 37.4 Å². The van der Waals surface area contributed by atoms with Crippen molar-refractivity contribution in [2.45, 2.75) is 45.8 Å². The largest absolute Gasteiger partial charge is 0.328 e. The molecule has 2 heterocycles. The number of aromatic nitrogens is 3. The first-order chi connectivity index (χ1) is 11.6. The van der Waals surface area contributed by atoms with Crippen molar-refractivity contribution in [2.75, 3.05) is 7.05 Å². The molecule has 1 N–H and O–H groups in total. The highest BCUT2D eigenvalue weighted by Gasteiger charge is 2.28. The van der Waals surface area contributed by atoms with Gasteiger partial charge in [0.2, 0.25) is 0 Å². The van der Waals surface area contributed by atoms with Gasteiger partial charge < -0.3 is 14.8 Å². The zero-order valence-electron chi connectivity index (χ0n) is 14.6. The fourth-order valence-corrected chi connectivity index (χ4v) is 3.10. The summed E-state index contributed by atoms with van der Waals surface area (Å²) >= 11 is 0. The Labute approximate surface area is 142 Å². The third kappa shape index (κ3) is 3.42. The van der Waals surface area contributed by atoms with E-state index in [-0.39, 0.29) is 18.0 Å². The highest BCUT2D eigenvalue weighted by Crippen LogP contribution is 2.24. The van der Waals surface area contributed by atoms with Gasteiger partial charge in [0.25, 0.3) is 0 Å². The molecule has 1 aromatic heterocycles. The molecule has 1 aromatic carbocycles. The number of rotatable bonds is 5. The molecular weight excluding hydrogens is 302 g/mol. The summed E-state index contributed by atoms with van der Waals surface area (Å²) in [5.41, 5.74) is 1.11. The molecule has 24 heavy (non-hydrogen) atoms. The SMILES string of the molecule is CC(C)[C@H](NC(=O)N(C)Cc1ccccc1)c1nnc2n1CCC2. The van der Waals surface area contributed by atoms with Crippen LogP contribution in [0.25, 0.3) is 0 Å². The minimum atomic E-state index is -0.130. The maximum atomic E-state index is 12.6. The fraction of sp³-hybridized carbons (Fsp3) is 0.500. The summed E-state index contributed by atoms with van der Waals surface area (Å²) in [6.07, 6.45) is 2.07. The first kappa shape index (κ1) is 16.5. The highest BCUT2D eigenvalue weighted by molar-refractivity contribution is 5.74. The van der Waals surface area contributed by atoms with Crippen LogP contribution >= 0.6 is 0 Å². The number of nitrogens with one attached hydrogen (secondary N) is 1. The van der Waals surface area contributed by atoms with Crippen molar-refractivity contribution in [3.63, 3.8) is 0 Å². The third-order valence-electron chi connectivity index (χ3n) is 4.47. The Balaban J connectivity index is 1.70. The molecule has 6 nitrogen and oxygen atoms in total. The molecule has 0 spiro atoms. The van der Waals surface area contributed by atoms with Crippen LogP contribution in [0.3, 0.4) is 0 Å². The van der Waals surface area contributed by atoms with Crippen molar-refractivity contribution < 1.29 is 4.79 Å². The lowest BCUT2D eigenvalue weighted by molar-refractivity contribution is 0.197. The van der Waals surface area contributed by atoms with Gasteiger partial charge in [-0.3, -0.25) is 0 Å². The first-order valence-electron chi connectivity index (χ1n) is 8.54. The van der Waals surface area contributed by atoms with Gasteiger partial charge in [0, 0.05) is 26.6 Å². The minimum absolute atomic E-state index is 0.0899. The van der Waals surface area contributed by atoms with E-state index < -0.39 is 0 Å². The van der Waals surface area contributed by atoms with Crippen LogP contribution in [0.15, 0.2) is 30.3 Å². The predicted octanol–water partition coefficient (Wildman–Crippen LogP) is 2.76. The summed E-state index contributed by atoms with van der Waals surface area (Å²) < 4.78 is 2.15. The summed E-state index contributed by atoms with van der Waals surface area (Å²) in [4.78, 5) is 14.3. The molecular formula is C18H25N5O. The smallest absolute Gasteiger partial charge is 0.318 e. The van der Waals surface area contributed by atoms with Gasteiger partial charge in [-0.25, -0.2) is 4.79 Å². The molecule has 1 aliphatic heterocycles. The topological polar surface area (TPSA) is 63.1 Å². The number of carbonyl (C=O) groups is 1. The van der Waals surface area contributed by atoms with Crippen molar-refractivity contribution in [1.82, 2.24) is 25.0 Å². The van der Waals surface area contributed by atoms with E-state index in [9.17, 15) is 4.79 Å². The number of urea groups is 1. The molecule has 1 aliphatic rings. The van der Waals surface area contributed by atoms with Gasteiger partial charge in [-0.1, -0.05) is 44.2 Å². The van der Waals surface area contributed by atoms with Gasteiger partial charge >= 0.3 is 6.03 Å². The van der Waals surface area contributed by atoms with Crippen molar-refractivity contribution in [1.29, 1.82) is 0 Å². The van der Waals surface area contributed by atoms with Crippen LogP contribution < -0.4 is 5.32 Å². The lowest BCUT2D eigenvalue weighted by Crippen LogP contribution is -2.41. The van der Waals surface area contributed by atoms with Crippen molar-refractivity contribution in [2.24, 2.45) is 5.92 Å². The maximum absolute atomic E-state index is 12.6. The van der Waals surface area contributed by atoms with Crippen LogP contribution in [0.5, 0.6) is 0 Å². The number of benzene rings is 1. The molecule has 0 unspecified atom stereocenters. The second kappa shape index (κ2) is 7.03. The van der Waals surface area contributed by atoms with E-state index in [1.54, 1.807) is 4.90 Å². The lowest BCUT2D eigenvalue weighted by Gasteiger charge is -2.25. The van der Waals surface area contributed by atoms with Crippen molar-refractivity contribution >= 4 is 6.03 Å². The summed E-state index contributed by atoms with van der Waals surface area (Å²) in [5, 5.41) is 11.7. The van der Waals surface area contributed by atoms with Crippen LogP contribution in [0.2, 0.25) is 0 Å². The predicted molar refractivity (Wildman–Crippen MR) is 92.4 cm³/mol. The van der Waals surface area contributed by atoms with Gasteiger partial charge in [0.1, 0.15) is 5.82 Å². The van der Waals surface area contributed by atoms with Gasteiger partial charge in [0.05, 0.1) is 6.04 Å². The van der Waals surface area contributed by atoms with Crippen LogP contribution in [0, 0.1) is 5.92 Å². The molecule has 0 bridgehead atoms. The number of amides is 2. The number of aryl methyl sites for hydroxylation is 1. The van der Waals surface area contributed by atoms with Crippen LogP contribution in [-0.4, -0.2) is 32.7 Å². The normalized spacial score (nSPS) is 14.5. The molecule has 128 valence electrons. The van der Waals surface area contributed by atoms with Crippen molar-refractivity contribution in [3.05, 3.63) is 47.5 Å². The number of nitrogens with zero attached hydrogens (tertiary/aromatic N) is 4. The molecule has 6 heteroatoms. The lowest BCUT2D eigenvalue weighted by atomic mass is 10.0. The van der Waals surface area contributed by atoms with Crippen molar-refractivity contribution in [3.8, 4) is 0 Å². The van der Waals surface area contributed by atoms with Gasteiger partial charge in [-0.2, -0.15) is 0 Å². The van der Waals surface area contributed by atoms with E-state index in [1.165, 1.54) is 0 Å². The molecule has 0 radical (unpaired) electrons. The quantitative estimate of drug-likeness (QED) is 0.918. The minimum Gasteiger partial charge on any atom is -0.328 e. The van der Waals surface area contributed by atoms with E-state index in [2.05, 4.69) is 33.9 Å². The van der Waals surface area contributed by atoms with Crippen LogP contribution in [0.4, 0.5) is 4.79 Å². The Morgan fingerprint density at radius 3 is 2.75 bits per heavy atom. The Bertz CT molecular complexity index is 695. The van der Waals surface area contributed by atoms with Gasteiger partial charge in [0.15, 0.2) is 5.82 Å².